The Hall–Kier alpha value is -2.31. The second-order valence-electron chi connectivity index (χ2n) is 6.11. The minimum Gasteiger partial charge on any atom is -0.307 e. The number of benzene rings is 1. The summed E-state index contributed by atoms with van der Waals surface area (Å²) < 4.78 is 3.24. The van der Waals surface area contributed by atoms with E-state index in [1.165, 1.54) is 10.9 Å². The van der Waals surface area contributed by atoms with Crippen molar-refractivity contribution in [2.24, 2.45) is 0 Å². The molecule has 0 spiro atoms. The van der Waals surface area contributed by atoms with Crippen LogP contribution in [0, 0.1) is 0 Å². The average molecular weight is 378 g/mol. The van der Waals surface area contributed by atoms with Crippen LogP contribution in [-0.4, -0.2) is 25.5 Å². The maximum atomic E-state index is 12.6. The molecule has 2 heterocycles. The molecule has 0 unspecified atom stereocenters. The van der Waals surface area contributed by atoms with Crippen molar-refractivity contribution >= 4 is 34.9 Å². The number of rotatable bonds is 5. The van der Waals surface area contributed by atoms with Crippen LogP contribution >= 0.6 is 23.2 Å². The maximum Gasteiger partial charge on any atom is 0.252 e. The second-order valence-corrected chi connectivity index (χ2v) is 6.95. The van der Waals surface area contributed by atoms with Crippen LogP contribution < -0.4 is 5.32 Å². The number of hydrogen-bond donors (Lipinski definition) is 1. The molecule has 0 bridgehead atoms. The van der Waals surface area contributed by atoms with Crippen LogP contribution in [-0.2, 0) is 16.9 Å². The van der Waals surface area contributed by atoms with Crippen LogP contribution in [0.25, 0.3) is 0 Å². The van der Waals surface area contributed by atoms with Gasteiger partial charge in [-0.05, 0) is 25.5 Å². The first kappa shape index (κ1) is 17.5. The molecule has 8 heteroatoms. The van der Waals surface area contributed by atoms with Gasteiger partial charge in [-0.1, -0.05) is 41.4 Å². The van der Waals surface area contributed by atoms with E-state index in [0.717, 1.165) is 5.56 Å². The molecule has 0 atom stereocenters. The van der Waals surface area contributed by atoms with Gasteiger partial charge >= 0.3 is 0 Å². The summed E-state index contributed by atoms with van der Waals surface area (Å²) in [6.07, 6.45) is 4.89. The highest BCUT2D eigenvalue weighted by atomic mass is 35.5. The number of nitrogens with zero attached hydrogens (tertiary/aromatic N) is 4. The van der Waals surface area contributed by atoms with Crippen LogP contribution in [0.2, 0.25) is 10.0 Å². The van der Waals surface area contributed by atoms with Crippen LogP contribution in [0.5, 0.6) is 0 Å². The molecule has 0 aliphatic carbocycles. The first-order valence-electron chi connectivity index (χ1n) is 7.65. The molecule has 1 aromatic carbocycles. The molecule has 0 aliphatic rings. The lowest BCUT2D eigenvalue weighted by molar-refractivity contribution is -0.123. The Bertz CT molecular complexity index is 900. The van der Waals surface area contributed by atoms with Crippen molar-refractivity contribution < 1.29 is 4.79 Å². The zero-order valence-electron chi connectivity index (χ0n) is 13.8. The van der Waals surface area contributed by atoms with Crippen LogP contribution in [0.1, 0.15) is 19.4 Å². The normalized spacial score (nSPS) is 11.5. The fourth-order valence-electron chi connectivity index (χ4n) is 2.30. The molecule has 25 heavy (non-hydrogen) atoms. The molecule has 1 amide bonds. The highest BCUT2D eigenvalue weighted by Crippen LogP contribution is 2.20. The molecule has 0 radical (unpaired) electrons. The molecular formula is C17H17Cl2N5O. The van der Waals surface area contributed by atoms with Gasteiger partial charge in [-0.2, -0.15) is 10.2 Å². The first-order chi connectivity index (χ1) is 11.9. The molecule has 2 aromatic heterocycles. The second kappa shape index (κ2) is 6.90. The van der Waals surface area contributed by atoms with Gasteiger partial charge in [0, 0.05) is 23.5 Å². The summed E-state index contributed by atoms with van der Waals surface area (Å²) in [7, 11) is 0. The molecule has 0 saturated heterocycles. The molecular weight excluding hydrogens is 361 g/mol. The van der Waals surface area contributed by atoms with Gasteiger partial charge in [0.15, 0.2) is 5.82 Å². The van der Waals surface area contributed by atoms with Crippen molar-refractivity contribution in [1.82, 2.24) is 19.6 Å². The third kappa shape index (κ3) is 3.86. The summed E-state index contributed by atoms with van der Waals surface area (Å²) in [6.45, 7) is 4.03. The minimum absolute atomic E-state index is 0.240. The van der Waals surface area contributed by atoms with E-state index in [0.29, 0.717) is 22.4 Å². The zero-order chi connectivity index (χ0) is 18.0. The van der Waals surface area contributed by atoms with Gasteiger partial charge < -0.3 is 5.32 Å². The van der Waals surface area contributed by atoms with Gasteiger partial charge in [0.05, 0.1) is 17.8 Å². The first-order valence-corrected chi connectivity index (χ1v) is 8.41. The summed E-state index contributed by atoms with van der Waals surface area (Å²) in [5, 5.41) is 12.4. The van der Waals surface area contributed by atoms with E-state index in [9.17, 15) is 4.79 Å². The van der Waals surface area contributed by atoms with Crippen molar-refractivity contribution in [2.75, 3.05) is 5.32 Å². The van der Waals surface area contributed by atoms with Crippen molar-refractivity contribution in [3.63, 3.8) is 0 Å². The van der Waals surface area contributed by atoms with Gasteiger partial charge in [-0.25, -0.2) is 0 Å². The number of amides is 1. The van der Waals surface area contributed by atoms with Crippen LogP contribution in [0.15, 0.2) is 48.9 Å². The number of hydrogen-bond acceptors (Lipinski definition) is 3. The van der Waals surface area contributed by atoms with Gasteiger partial charge in [0.1, 0.15) is 5.54 Å². The van der Waals surface area contributed by atoms with E-state index in [2.05, 4.69) is 15.5 Å². The van der Waals surface area contributed by atoms with Crippen molar-refractivity contribution in [3.8, 4) is 0 Å². The molecule has 3 rings (SSSR count). The maximum absolute atomic E-state index is 12.6. The van der Waals surface area contributed by atoms with Gasteiger partial charge in [-0.3, -0.25) is 14.2 Å². The monoisotopic (exact) mass is 377 g/mol. The number of carbonyl (C=O) groups excluding carboxylic acids is 1. The predicted octanol–water partition coefficient (Wildman–Crippen LogP) is 3.81. The molecule has 0 fully saturated rings. The quantitative estimate of drug-likeness (QED) is 0.734. The highest BCUT2D eigenvalue weighted by Gasteiger charge is 2.31. The van der Waals surface area contributed by atoms with Gasteiger partial charge in [0.2, 0.25) is 0 Å². The molecule has 0 aliphatic heterocycles. The number of anilines is 1. The third-order valence-electron chi connectivity index (χ3n) is 3.85. The smallest absolute Gasteiger partial charge is 0.252 e. The number of carbonyl (C=O) groups is 1. The van der Waals surface area contributed by atoms with E-state index in [1.54, 1.807) is 37.0 Å². The fourth-order valence-corrected chi connectivity index (χ4v) is 2.63. The van der Waals surface area contributed by atoms with Crippen LogP contribution in [0.4, 0.5) is 5.82 Å². The summed E-state index contributed by atoms with van der Waals surface area (Å²) in [6, 6.07) is 9.31. The summed E-state index contributed by atoms with van der Waals surface area (Å²) in [5.74, 6) is 0.221. The Morgan fingerprint density at radius 3 is 2.68 bits per heavy atom. The number of nitrogens with one attached hydrogen (secondary N) is 1. The predicted molar refractivity (Wildman–Crippen MR) is 98.0 cm³/mol. The van der Waals surface area contributed by atoms with Crippen molar-refractivity contribution in [1.29, 1.82) is 0 Å². The fraction of sp³-hybridized carbons (Fsp3) is 0.235. The Labute approximate surface area is 155 Å². The van der Waals surface area contributed by atoms with E-state index in [4.69, 9.17) is 23.2 Å². The molecule has 1 N–H and O–H groups in total. The Morgan fingerprint density at radius 2 is 2.00 bits per heavy atom. The van der Waals surface area contributed by atoms with Gasteiger partial charge in [-0.15, -0.1) is 0 Å². The van der Waals surface area contributed by atoms with Crippen LogP contribution in [0.3, 0.4) is 0 Å². The minimum atomic E-state index is -0.903. The largest absolute Gasteiger partial charge is 0.307 e. The number of halogens is 2. The Balaban J connectivity index is 1.71. The van der Waals surface area contributed by atoms with E-state index in [1.807, 2.05) is 24.3 Å². The summed E-state index contributed by atoms with van der Waals surface area (Å²) >= 11 is 12.0. The van der Waals surface area contributed by atoms with E-state index in [-0.39, 0.29) is 5.91 Å². The third-order valence-corrected chi connectivity index (χ3v) is 4.42. The van der Waals surface area contributed by atoms with Gasteiger partial charge in [0.25, 0.3) is 5.91 Å². The van der Waals surface area contributed by atoms with Crippen molar-refractivity contribution in [2.45, 2.75) is 25.9 Å². The molecule has 6 nitrogen and oxygen atoms in total. The Kier molecular flexibility index (Phi) is 4.83. The standard InChI is InChI=1S/C17H17Cl2N5O/c1-17(2,24-11-13(18)9-20-24)16(25)21-15-7-8-23(22-15)10-12-5-3-4-6-14(12)19/h3-9,11H,10H2,1-2H3,(H,21,22,25). The topological polar surface area (TPSA) is 64.7 Å². The number of aromatic nitrogens is 4. The molecule has 0 saturated carbocycles. The lowest BCUT2D eigenvalue weighted by Crippen LogP contribution is -2.40. The summed E-state index contributed by atoms with van der Waals surface area (Å²) in [5.41, 5.74) is 0.0521. The highest BCUT2D eigenvalue weighted by molar-refractivity contribution is 6.31. The lowest BCUT2D eigenvalue weighted by Gasteiger charge is -2.23. The molecule has 130 valence electrons. The zero-order valence-corrected chi connectivity index (χ0v) is 15.3. The SMILES string of the molecule is CC(C)(C(=O)Nc1ccn(Cc2ccccc2Cl)n1)n1cc(Cl)cn1. The summed E-state index contributed by atoms with van der Waals surface area (Å²) in [4.78, 5) is 12.6. The average Bonchev–Trinajstić information content (AvgIpc) is 3.19. The Morgan fingerprint density at radius 1 is 1.24 bits per heavy atom. The van der Waals surface area contributed by atoms with E-state index >= 15 is 0 Å². The van der Waals surface area contributed by atoms with Crippen molar-refractivity contribution in [3.05, 3.63) is 64.5 Å². The van der Waals surface area contributed by atoms with E-state index < -0.39 is 5.54 Å². The lowest BCUT2D eigenvalue weighted by atomic mass is 10.1. The molecule has 3 aromatic rings.